The Morgan fingerprint density at radius 1 is 1.21 bits per heavy atom. The van der Waals surface area contributed by atoms with Crippen molar-refractivity contribution in [2.24, 2.45) is 0 Å². The van der Waals surface area contributed by atoms with Crippen molar-refractivity contribution in [3.8, 4) is 34.5 Å². The van der Waals surface area contributed by atoms with Crippen molar-refractivity contribution in [2.45, 2.75) is 25.8 Å². The lowest BCUT2D eigenvalue weighted by molar-refractivity contribution is -0.119. The summed E-state index contributed by atoms with van der Waals surface area (Å²) in [6, 6.07) is 17.6. The Balaban J connectivity index is 1.77. The number of nitriles is 1. The average molecular weight is 384 g/mol. The third-order valence-electron chi connectivity index (χ3n) is 4.89. The minimum absolute atomic E-state index is 0.0228. The number of pyridine rings is 2. The maximum Gasteiger partial charge on any atom is 0.233 e. The van der Waals surface area contributed by atoms with Crippen molar-refractivity contribution >= 4 is 5.91 Å². The predicted octanol–water partition coefficient (Wildman–Crippen LogP) is 3.65. The molecule has 2 aromatic heterocycles. The van der Waals surface area contributed by atoms with Gasteiger partial charge in [0.2, 0.25) is 11.8 Å². The highest BCUT2D eigenvalue weighted by Crippen LogP contribution is 2.33. The van der Waals surface area contributed by atoms with Gasteiger partial charge in [0.15, 0.2) is 0 Å². The molecule has 6 nitrogen and oxygen atoms in total. The second-order valence-electron chi connectivity index (χ2n) is 7.04. The summed E-state index contributed by atoms with van der Waals surface area (Å²) in [6.45, 7) is 2.29. The maximum atomic E-state index is 11.5. The van der Waals surface area contributed by atoms with Crippen LogP contribution in [-0.4, -0.2) is 28.5 Å². The van der Waals surface area contributed by atoms with Crippen LogP contribution in [0, 0.1) is 18.3 Å². The number of nitrogens with zero attached hydrogens (tertiary/aromatic N) is 3. The molecule has 1 fully saturated rings. The Hall–Kier alpha value is -3.72. The molecule has 1 aliphatic rings. The molecule has 3 aromatic rings. The second-order valence-corrected chi connectivity index (χ2v) is 7.04. The number of rotatable bonds is 5. The van der Waals surface area contributed by atoms with E-state index in [1.165, 1.54) is 0 Å². The Morgan fingerprint density at radius 2 is 2.03 bits per heavy atom. The molecule has 0 aliphatic carbocycles. The molecule has 1 aromatic carbocycles. The lowest BCUT2D eigenvalue weighted by Gasteiger charge is -2.15. The molecule has 1 amide bonds. The second kappa shape index (κ2) is 8.11. The molecular formula is C23H20N4O2. The summed E-state index contributed by atoms with van der Waals surface area (Å²) in [7, 11) is 0. The molecule has 144 valence electrons. The van der Waals surface area contributed by atoms with Crippen molar-refractivity contribution in [1.29, 1.82) is 5.26 Å². The van der Waals surface area contributed by atoms with Crippen LogP contribution in [0.5, 0.6) is 5.88 Å². The Bertz CT molecular complexity index is 1070. The molecule has 1 saturated heterocycles. The van der Waals surface area contributed by atoms with Crippen molar-refractivity contribution in [3.63, 3.8) is 0 Å². The topological polar surface area (TPSA) is 87.9 Å². The highest BCUT2D eigenvalue weighted by molar-refractivity contribution is 5.78. The van der Waals surface area contributed by atoms with Gasteiger partial charge in [0.05, 0.1) is 17.4 Å². The van der Waals surface area contributed by atoms with Gasteiger partial charge < -0.3 is 10.1 Å². The molecule has 29 heavy (non-hydrogen) atoms. The van der Waals surface area contributed by atoms with E-state index in [1.54, 1.807) is 6.20 Å². The third-order valence-corrected chi connectivity index (χ3v) is 4.89. The number of hydrogen-bond donors (Lipinski definition) is 1. The van der Waals surface area contributed by atoms with E-state index in [0.717, 1.165) is 16.7 Å². The summed E-state index contributed by atoms with van der Waals surface area (Å²) >= 11 is 0. The monoisotopic (exact) mass is 384 g/mol. The van der Waals surface area contributed by atoms with Crippen LogP contribution in [0.2, 0.25) is 0 Å². The lowest BCUT2D eigenvalue weighted by Crippen LogP contribution is -2.31. The minimum atomic E-state index is -0.0721. The number of amides is 1. The molecule has 4 rings (SSSR count). The molecule has 1 atom stereocenters. The van der Waals surface area contributed by atoms with E-state index in [4.69, 9.17) is 4.74 Å². The zero-order valence-corrected chi connectivity index (χ0v) is 16.1. The molecule has 0 spiro atoms. The van der Waals surface area contributed by atoms with E-state index in [0.29, 0.717) is 29.8 Å². The smallest absolute Gasteiger partial charge is 0.233 e. The first-order valence-electron chi connectivity index (χ1n) is 9.50. The van der Waals surface area contributed by atoms with Gasteiger partial charge in [-0.3, -0.25) is 9.78 Å². The van der Waals surface area contributed by atoms with Crippen molar-refractivity contribution in [2.75, 3.05) is 6.61 Å². The molecule has 0 saturated carbocycles. The van der Waals surface area contributed by atoms with E-state index in [1.807, 2.05) is 55.5 Å². The average Bonchev–Trinajstić information content (AvgIpc) is 3.18. The summed E-state index contributed by atoms with van der Waals surface area (Å²) in [6.07, 6.45) is 2.91. The number of ether oxygens (including phenoxy) is 1. The van der Waals surface area contributed by atoms with Crippen LogP contribution in [0.1, 0.15) is 24.0 Å². The largest absolute Gasteiger partial charge is 0.475 e. The molecule has 0 unspecified atom stereocenters. The molecule has 1 N–H and O–H groups in total. The highest BCUT2D eigenvalue weighted by atomic mass is 16.5. The van der Waals surface area contributed by atoms with Crippen LogP contribution in [0.25, 0.3) is 22.5 Å². The summed E-state index contributed by atoms with van der Waals surface area (Å²) in [5, 5.41) is 12.7. The molecule has 1 aliphatic heterocycles. The Labute approximate surface area is 169 Å². The van der Waals surface area contributed by atoms with Gasteiger partial charge in [-0.25, -0.2) is 4.98 Å². The van der Waals surface area contributed by atoms with Crippen LogP contribution in [0.4, 0.5) is 0 Å². The van der Waals surface area contributed by atoms with Gasteiger partial charge in [0.1, 0.15) is 18.2 Å². The van der Waals surface area contributed by atoms with Gasteiger partial charge in [-0.05, 0) is 37.1 Å². The molecule has 6 heteroatoms. The number of carbonyl (C=O) groups excluding carboxylic acids is 1. The van der Waals surface area contributed by atoms with Crippen LogP contribution in [0.3, 0.4) is 0 Å². The molecule has 3 heterocycles. The van der Waals surface area contributed by atoms with E-state index >= 15 is 0 Å². The zero-order chi connectivity index (χ0) is 20.2. The summed E-state index contributed by atoms with van der Waals surface area (Å²) in [4.78, 5) is 20.4. The number of nitrogens with one attached hydrogen (secondary N) is 1. The SMILES string of the molecule is Cc1ccc(-c2cc(-c3ccccn3)nc(OC[C@@H]3CCC(=O)N3)c2C#N)cc1. The van der Waals surface area contributed by atoms with Gasteiger partial charge in [-0.1, -0.05) is 35.9 Å². The van der Waals surface area contributed by atoms with Gasteiger partial charge >= 0.3 is 0 Å². The quantitative estimate of drug-likeness (QED) is 0.725. The standard InChI is InChI=1S/C23H20N4O2/c1-15-5-7-16(8-6-15)18-12-21(20-4-2-3-11-25-20)27-23(19(18)13-24)29-14-17-9-10-22(28)26-17/h2-8,11-12,17H,9-10,14H2,1H3,(H,26,28)/t17-/m0/s1. The summed E-state index contributed by atoms with van der Waals surface area (Å²) < 4.78 is 5.93. The highest BCUT2D eigenvalue weighted by Gasteiger charge is 2.23. The number of carbonyl (C=O) groups is 1. The number of benzene rings is 1. The Morgan fingerprint density at radius 3 is 2.69 bits per heavy atom. The summed E-state index contributed by atoms with van der Waals surface area (Å²) in [5.74, 6) is 0.280. The zero-order valence-electron chi connectivity index (χ0n) is 16.1. The lowest BCUT2D eigenvalue weighted by atomic mass is 9.99. The van der Waals surface area contributed by atoms with Crippen LogP contribution in [-0.2, 0) is 4.79 Å². The number of aromatic nitrogens is 2. The van der Waals surface area contributed by atoms with Crippen molar-refractivity contribution in [3.05, 3.63) is 65.9 Å². The fourth-order valence-electron chi connectivity index (χ4n) is 3.32. The van der Waals surface area contributed by atoms with E-state index in [-0.39, 0.29) is 24.4 Å². The fourth-order valence-corrected chi connectivity index (χ4v) is 3.32. The normalized spacial score (nSPS) is 15.6. The van der Waals surface area contributed by atoms with Crippen molar-refractivity contribution in [1.82, 2.24) is 15.3 Å². The number of hydrogen-bond acceptors (Lipinski definition) is 5. The Kier molecular flexibility index (Phi) is 5.21. The maximum absolute atomic E-state index is 11.5. The van der Waals surface area contributed by atoms with Crippen LogP contribution >= 0.6 is 0 Å². The van der Waals surface area contributed by atoms with E-state index in [2.05, 4.69) is 21.4 Å². The van der Waals surface area contributed by atoms with E-state index in [9.17, 15) is 10.1 Å². The third kappa shape index (κ3) is 4.09. The first-order valence-corrected chi connectivity index (χ1v) is 9.50. The molecule has 0 radical (unpaired) electrons. The van der Waals surface area contributed by atoms with Gasteiger partial charge in [0, 0.05) is 18.2 Å². The summed E-state index contributed by atoms with van der Waals surface area (Å²) in [5.41, 5.74) is 4.49. The number of aryl methyl sites for hydroxylation is 1. The fraction of sp³-hybridized carbons (Fsp3) is 0.217. The minimum Gasteiger partial charge on any atom is -0.475 e. The van der Waals surface area contributed by atoms with Crippen LogP contribution < -0.4 is 10.1 Å². The van der Waals surface area contributed by atoms with Gasteiger partial charge in [0.25, 0.3) is 0 Å². The predicted molar refractivity (Wildman–Crippen MR) is 109 cm³/mol. The first kappa shape index (κ1) is 18.6. The first-order chi connectivity index (χ1) is 14.1. The van der Waals surface area contributed by atoms with Gasteiger partial charge in [-0.15, -0.1) is 0 Å². The van der Waals surface area contributed by atoms with Crippen LogP contribution in [0.15, 0.2) is 54.7 Å². The van der Waals surface area contributed by atoms with Gasteiger partial charge in [-0.2, -0.15) is 5.26 Å². The van der Waals surface area contributed by atoms with Crippen molar-refractivity contribution < 1.29 is 9.53 Å². The molecular weight excluding hydrogens is 364 g/mol. The molecule has 0 bridgehead atoms. The van der Waals surface area contributed by atoms with E-state index < -0.39 is 0 Å².